The Morgan fingerprint density at radius 1 is 0.533 bits per heavy atom. The normalized spacial score (nSPS) is 12.0. The minimum atomic E-state index is -1.51. The van der Waals surface area contributed by atoms with E-state index in [0.29, 0.717) is 0 Å². The van der Waals surface area contributed by atoms with E-state index in [0.717, 1.165) is 8.97 Å². The molecule has 0 bridgehead atoms. The second-order valence-corrected chi connectivity index (χ2v) is 245. The molecule has 0 unspecified atom stereocenters. The van der Waals surface area contributed by atoms with E-state index >= 15 is 0 Å². The van der Waals surface area contributed by atoms with E-state index in [1.165, 1.54) is 0 Å². The first-order chi connectivity index (χ1) is 6.00. The van der Waals surface area contributed by atoms with Crippen molar-refractivity contribution in [3.63, 3.8) is 0 Å². The van der Waals surface area contributed by atoms with Crippen LogP contribution in [0.1, 0.15) is 0 Å². The Hall–Kier alpha value is 3.78. The number of halogens is 4. The molecule has 0 saturated heterocycles. The van der Waals surface area contributed by atoms with Crippen LogP contribution in [-0.2, 0) is 4.17 Å². The van der Waals surface area contributed by atoms with Gasteiger partial charge in [-0.1, -0.05) is 0 Å². The average Bonchev–Trinajstić information content (AvgIpc) is 1.41. The van der Waals surface area contributed by atoms with E-state index < -0.39 is 4.17 Å². The molecule has 0 heterocycles. The van der Waals surface area contributed by atoms with Crippen LogP contribution in [0, 0.1) is 0 Å². The van der Waals surface area contributed by atoms with Crippen LogP contribution in [0.4, 0.5) is 0 Å². The molecule has 0 amide bonds. The monoisotopic (exact) mass is 858 g/mol. The molecule has 0 aliphatic rings. The third kappa shape index (κ3) is 310. The fourth-order valence-corrected chi connectivity index (χ4v) is 0. The molecule has 0 saturated carbocycles. The summed E-state index contributed by atoms with van der Waals surface area (Å²) in [5.41, 5.74) is 0. The summed E-state index contributed by atoms with van der Waals surface area (Å²) < 4.78 is 0.491. The topological polar surface area (TPSA) is 0 Å². The number of rotatable bonds is 0. The zero-order chi connectivity index (χ0) is 13.5. The molecule has 0 aromatic heterocycles. The zero-order valence-electron chi connectivity index (χ0n) is 11.1. The molecule has 0 aliphatic carbocycles. The van der Waals surface area contributed by atoms with Gasteiger partial charge in [0.1, 0.15) is 0 Å². The summed E-state index contributed by atoms with van der Waals surface area (Å²) in [5, 5.41) is 0. The Morgan fingerprint density at radius 3 is 0.533 bits per heavy atom. The fourth-order valence-electron chi connectivity index (χ4n) is 0. The van der Waals surface area contributed by atoms with Crippen molar-refractivity contribution in [1.29, 1.82) is 0 Å². The predicted molar refractivity (Wildman–Crippen MR) is 104 cm³/mol. The predicted octanol–water partition coefficient (Wildman–Crippen LogP) is 4.19. The van der Waals surface area contributed by atoms with Crippen molar-refractivity contribution in [3.05, 3.63) is 0 Å². The Kier molecular flexibility index (Phi) is 16.8. The van der Waals surface area contributed by atoms with Crippen LogP contribution >= 0.6 is 70.7 Å². The van der Waals surface area contributed by atoms with E-state index in [4.69, 9.17) is 0 Å². The molecule has 0 rings (SSSR count). The van der Waals surface area contributed by atoms with E-state index in [1.807, 2.05) is 0 Å². The van der Waals surface area contributed by atoms with Crippen molar-refractivity contribution >= 4 is 70.7 Å². The summed E-state index contributed by atoms with van der Waals surface area (Å²) in [5.74, 6) is 0. The van der Waals surface area contributed by atoms with E-state index in [-0.39, 0.29) is 0 Å². The first-order valence-corrected chi connectivity index (χ1v) is 66.5. The number of hydrogen-bond acceptors (Lipinski definition) is 0. The van der Waals surface area contributed by atoms with Crippen LogP contribution in [0.15, 0.2) is 0 Å². The summed E-state index contributed by atoms with van der Waals surface area (Å²) >= 11 is 10.3. The maximum atomic E-state index is 2.57. The maximum absolute atomic E-state index is 2.57. The van der Waals surface area contributed by atoms with Gasteiger partial charge in [0.2, 0.25) is 0 Å². The Bertz CT molecular complexity index is 99.7. The summed E-state index contributed by atoms with van der Waals surface area (Å²) in [7, 11) is 17.0. The van der Waals surface area contributed by atoms with E-state index in [9.17, 15) is 0 Å². The van der Waals surface area contributed by atoms with Crippen molar-refractivity contribution in [2.45, 2.75) is 0 Å². The molecular weight excluding hydrogens is 832 g/mol. The van der Waals surface area contributed by atoms with Crippen LogP contribution in [0.5, 0.6) is 0 Å². The molecule has 0 radical (unpaired) electrons. The summed E-state index contributed by atoms with van der Waals surface area (Å²) in [6.07, 6.45) is 0. The third-order valence-corrected chi connectivity index (χ3v) is 0. The van der Waals surface area contributed by atoms with E-state index in [1.54, 1.807) is 0 Å². The van der Waals surface area contributed by atoms with Crippen molar-refractivity contribution in [2.24, 2.45) is 0 Å². The second-order valence-electron chi connectivity index (χ2n) is 5.97. The van der Waals surface area contributed by atoms with Crippen LogP contribution in [0.25, 0.3) is 0 Å². The van der Waals surface area contributed by atoms with E-state index in [2.05, 4.69) is 127 Å². The van der Waals surface area contributed by atoms with Crippen molar-refractivity contribution in [1.82, 2.24) is 0 Å². The molecule has 0 aromatic rings. The van der Waals surface area contributed by atoms with Gasteiger partial charge >= 0.3 is 74.8 Å². The molecule has 0 spiro atoms. The minimum absolute atomic E-state index is 1.00. The SMILES string of the molecule is C[N+](C)(C)C.C[N+](C)(C)C.[I][Hg-2]([I])([I])[I]. The van der Waals surface area contributed by atoms with Gasteiger partial charge in [0, 0.05) is 0 Å². The molecule has 0 aliphatic heterocycles. The summed E-state index contributed by atoms with van der Waals surface area (Å²) in [6, 6.07) is 0. The molecular formula is C8H24HgI4N2. The Morgan fingerprint density at radius 2 is 0.533 bits per heavy atom. The standard InChI is InChI=1S/2C4H12N.Hg.4HI/c2*1-5(2,3)4;;;;;/h2*1-4H3;;4*1H/q2*+1;+2;;;;/p-4. The van der Waals surface area contributed by atoms with Gasteiger partial charge in [-0.3, -0.25) is 0 Å². The Labute approximate surface area is 137 Å². The van der Waals surface area contributed by atoms with Crippen LogP contribution < -0.4 is 0 Å². The third-order valence-electron chi connectivity index (χ3n) is 0. The zero-order valence-corrected chi connectivity index (χ0v) is 25.2. The Balaban J connectivity index is -0.000000144. The van der Waals surface area contributed by atoms with Crippen LogP contribution in [-0.4, -0.2) is 65.3 Å². The summed E-state index contributed by atoms with van der Waals surface area (Å²) in [6.45, 7) is 0. The summed E-state index contributed by atoms with van der Waals surface area (Å²) in [4.78, 5) is 0. The van der Waals surface area contributed by atoms with Crippen LogP contribution in [0.2, 0.25) is 0 Å². The van der Waals surface area contributed by atoms with Gasteiger partial charge in [-0.15, -0.1) is 0 Å². The molecule has 96 valence electrons. The molecule has 0 fully saturated rings. The molecule has 15 heavy (non-hydrogen) atoms. The number of hydrogen-bond donors (Lipinski definition) is 0. The van der Waals surface area contributed by atoms with Gasteiger partial charge in [-0.05, 0) is 0 Å². The number of nitrogens with zero attached hydrogens (tertiary/aromatic N) is 2. The van der Waals surface area contributed by atoms with Gasteiger partial charge in [0.05, 0.1) is 56.4 Å². The molecule has 7 heteroatoms. The van der Waals surface area contributed by atoms with Gasteiger partial charge in [0.25, 0.3) is 0 Å². The van der Waals surface area contributed by atoms with Gasteiger partial charge in [-0.25, -0.2) is 0 Å². The molecule has 0 atom stereocenters. The van der Waals surface area contributed by atoms with Gasteiger partial charge in [-0.2, -0.15) is 0 Å². The van der Waals surface area contributed by atoms with Crippen molar-refractivity contribution < 1.29 is 13.1 Å². The molecule has 2 nitrogen and oxygen atoms in total. The first kappa shape index (κ1) is 23.8. The quantitative estimate of drug-likeness (QED) is 0.195. The van der Waals surface area contributed by atoms with Crippen molar-refractivity contribution in [3.8, 4) is 0 Å². The van der Waals surface area contributed by atoms with Crippen molar-refractivity contribution in [2.75, 3.05) is 56.4 Å². The molecule has 0 N–H and O–H groups in total. The van der Waals surface area contributed by atoms with Gasteiger partial charge in [0.15, 0.2) is 0 Å². The second kappa shape index (κ2) is 10.5. The molecule has 0 aromatic carbocycles. The van der Waals surface area contributed by atoms with Crippen LogP contribution in [0.3, 0.4) is 0 Å². The van der Waals surface area contributed by atoms with Gasteiger partial charge < -0.3 is 8.97 Å². The average molecular weight is 856 g/mol. The first-order valence-electron chi connectivity index (χ1n) is 4.65. The number of quaternary nitrogens is 2. The fraction of sp³-hybridized carbons (Fsp3) is 1.00.